The van der Waals surface area contributed by atoms with Crippen molar-refractivity contribution in [2.24, 2.45) is 5.92 Å². The van der Waals surface area contributed by atoms with E-state index in [0.717, 1.165) is 42.9 Å². The molecule has 3 aliphatic rings. The molecule has 2 amide bonds. The van der Waals surface area contributed by atoms with Gasteiger partial charge in [-0.3, -0.25) is 4.79 Å². The maximum Gasteiger partial charge on any atom is 0.407 e. The molecule has 1 aliphatic carbocycles. The highest BCUT2D eigenvalue weighted by Crippen LogP contribution is 2.31. The number of hydrogen-bond acceptors (Lipinski definition) is 6. The van der Waals surface area contributed by atoms with Gasteiger partial charge in [0.1, 0.15) is 18.5 Å². The van der Waals surface area contributed by atoms with Gasteiger partial charge in [-0.05, 0) is 50.2 Å². The highest BCUT2D eigenvalue weighted by Gasteiger charge is 2.26. The van der Waals surface area contributed by atoms with Crippen LogP contribution in [0, 0.1) is 5.92 Å². The van der Waals surface area contributed by atoms with Gasteiger partial charge in [0.05, 0.1) is 6.61 Å². The summed E-state index contributed by atoms with van der Waals surface area (Å²) in [5.41, 5.74) is 1.79. The summed E-state index contributed by atoms with van der Waals surface area (Å²) in [5, 5.41) is 16.2. The number of ether oxygens (including phenoxy) is 2. The Morgan fingerprint density at radius 1 is 1.23 bits per heavy atom. The molecule has 3 N–H and O–H groups in total. The third-order valence-corrected chi connectivity index (χ3v) is 5.97. The molecular weight excluding hydrogens is 422 g/mol. The van der Waals surface area contributed by atoms with Crippen LogP contribution in [-0.2, 0) is 16.0 Å². The Kier molecular flexibility index (Phi) is 8.40. The average molecular weight is 454 g/mol. The molecule has 2 aliphatic heterocycles. The third kappa shape index (κ3) is 6.98. The molecule has 1 saturated heterocycles. The van der Waals surface area contributed by atoms with Gasteiger partial charge in [0.2, 0.25) is 5.91 Å². The van der Waals surface area contributed by atoms with E-state index in [1.54, 1.807) is 0 Å². The van der Waals surface area contributed by atoms with E-state index in [1.807, 2.05) is 18.2 Å². The largest absolute Gasteiger partial charge is 0.490 e. The van der Waals surface area contributed by atoms with Crippen LogP contribution >= 0.6 is 12.4 Å². The quantitative estimate of drug-likeness (QED) is 0.558. The molecule has 1 aromatic carbocycles. The summed E-state index contributed by atoms with van der Waals surface area (Å²) in [6, 6.07) is 5.73. The number of hydrogen-bond donors (Lipinski definition) is 3. The van der Waals surface area contributed by atoms with E-state index in [2.05, 4.69) is 15.5 Å². The molecule has 0 unspecified atom stereocenters. The lowest BCUT2D eigenvalue weighted by Gasteiger charge is -2.33. The minimum absolute atomic E-state index is 0. The number of benzene rings is 1. The molecule has 4 rings (SSSR count). The Morgan fingerprint density at radius 3 is 2.74 bits per heavy atom. The van der Waals surface area contributed by atoms with Crippen LogP contribution in [0.4, 0.5) is 10.5 Å². The Balaban J connectivity index is 0.00000272. The van der Waals surface area contributed by atoms with Gasteiger partial charge >= 0.3 is 6.09 Å². The van der Waals surface area contributed by atoms with E-state index in [-0.39, 0.29) is 37.1 Å². The third-order valence-electron chi connectivity index (χ3n) is 5.97. The number of aliphatic hydroxyl groups excluding tert-OH is 1. The number of likely N-dealkylation sites (tertiary alicyclic amines) is 1. The predicted octanol–water partition coefficient (Wildman–Crippen LogP) is 2.33. The zero-order valence-corrected chi connectivity index (χ0v) is 18.5. The summed E-state index contributed by atoms with van der Waals surface area (Å²) in [6.07, 6.45) is 4.21. The number of halogens is 1. The number of nitrogens with one attached hydrogen (secondary N) is 2. The van der Waals surface area contributed by atoms with Gasteiger partial charge in [-0.2, -0.15) is 0 Å². The van der Waals surface area contributed by atoms with Gasteiger partial charge in [-0.25, -0.2) is 4.79 Å². The summed E-state index contributed by atoms with van der Waals surface area (Å²) in [6.45, 7) is 2.91. The van der Waals surface area contributed by atoms with Crippen LogP contribution in [0.5, 0.6) is 5.75 Å². The number of fused-ring (bicyclic) bond motifs is 1. The summed E-state index contributed by atoms with van der Waals surface area (Å²) < 4.78 is 11.1. The van der Waals surface area contributed by atoms with E-state index >= 15 is 0 Å². The second kappa shape index (κ2) is 11.0. The Morgan fingerprint density at radius 2 is 2.00 bits per heavy atom. The van der Waals surface area contributed by atoms with Gasteiger partial charge in [-0.15, -0.1) is 12.4 Å². The molecule has 2 heterocycles. The summed E-state index contributed by atoms with van der Waals surface area (Å²) in [7, 11) is 0. The number of carbonyl (C=O) groups excluding carboxylic acids is 2. The Hall–Kier alpha value is -2.03. The molecule has 9 heteroatoms. The van der Waals surface area contributed by atoms with Gasteiger partial charge in [-0.1, -0.05) is 6.07 Å². The number of amides is 2. The number of piperidine rings is 1. The van der Waals surface area contributed by atoms with Crippen molar-refractivity contribution in [1.29, 1.82) is 0 Å². The van der Waals surface area contributed by atoms with Gasteiger partial charge < -0.3 is 30.1 Å². The van der Waals surface area contributed by atoms with Crippen molar-refractivity contribution in [3.8, 4) is 5.75 Å². The lowest BCUT2D eigenvalue weighted by molar-refractivity contribution is -0.116. The van der Waals surface area contributed by atoms with Crippen LogP contribution in [0.1, 0.15) is 37.7 Å². The normalized spacial score (nSPS) is 20.1. The number of β-amino-alcohol motifs (C(OH)–C–C–N with tert-alkyl or cyclic N) is 1. The molecule has 31 heavy (non-hydrogen) atoms. The molecule has 2 fully saturated rings. The van der Waals surface area contributed by atoms with Crippen LogP contribution in [0.15, 0.2) is 18.2 Å². The molecule has 172 valence electrons. The fraction of sp³-hybridized carbons (Fsp3) is 0.636. The van der Waals surface area contributed by atoms with E-state index in [1.165, 1.54) is 12.8 Å². The van der Waals surface area contributed by atoms with E-state index in [0.29, 0.717) is 31.9 Å². The summed E-state index contributed by atoms with van der Waals surface area (Å²) in [4.78, 5) is 25.6. The fourth-order valence-corrected chi connectivity index (χ4v) is 4.01. The van der Waals surface area contributed by atoms with Gasteiger partial charge in [0.15, 0.2) is 0 Å². The molecular formula is C22H32ClN3O5. The van der Waals surface area contributed by atoms with Crippen molar-refractivity contribution in [3.63, 3.8) is 0 Å². The molecule has 1 saturated carbocycles. The smallest absolute Gasteiger partial charge is 0.407 e. The second-order valence-corrected chi connectivity index (χ2v) is 8.56. The van der Waals surface area contributed by atoms with E-state index in [9.17, 15) is 14.7 Å². The number of aliphatic hydroxyl groups is 1. The minimum Gasteiger partial charge on any atom is -0.490 e. The van der Waals surface area contributed by atoms with Crippen molar-refractivity contribution >= 4 is 30.1 Å². The molecule has 8 nitrogen and oxygen atoms in total. The highest BCUT2D eigenvalue weighted by molar-refractivity contribution is 5.94. The highest BCUT2D eigenvalue weighted by atomic mass is 35.5. The maximum atomic E-state index is 11.8. The van der Waals surface area contributed by atoms with Gasteiger partial charge in [0, 0.05) is 43.3 Å². The van der Waals surface area contributed by atoms with Crippen LogP contribution in [0.25, 0.3) is 0 Å². The first-order chi connectivity index (χ1) is 14.6. The van der Waals surface area contributed by atoms with Crippen molar-refractivity contribution in [3.05, 3.63) is 23.8 Å². The van der Waals surface area contributed by atoms with Crippen LogP contribution in [0.2, 0.25) is 0 Å². The zero-order chi connectivity index (χ0) is 20.9. The molecule has 0 radical (unpaired) electrons. The second-order valence-electron chi connectivity index (χ2n) is 8.56. The first-order valence-electron chi connectivity index (χ1n) is 10.9. The monoisotopic (exact) mass is 453 g/mol. The van der Waals surface area contributed by atoms with Gasteiger partial charge in [0.25, 0.3) is 0 Å². The first-order valence-corrected chi connectivity index (χ1v) is 10.9. The van der Waals surface area contributed by atoms with Crippen molar-refractivity contribution in [1.82, 2.24) is 10.2 Å². The topological polar surface area (TPSA) is 100 Å². The molecule has 1 atom stereocenters. The fourth-order valence-electron chi connectivity index (χ4n) is 4.01. The van der Waals surface area contributed by atoms with Crippen molar-refractivity contribution in [2.75, 3.05) is 38.2 Å². The molecule has 0 bridgehead atoms. The number of nitrogens with zero attached hydrogens (tertiary/aromatic N) is 1. The first kappa shape index (κ1) is 23.6. The maximum absolute atomic E-state index is 11.8. The molecule has 1 aromatic rings. The lowest BCUT2D eigenvalue weighted by atomic mass is 10.0. The number of carbonyl (C=O) groups is 2. The lowest BCUT2D eigenvalue weighted by Crippen LogP contribution is -2.47. The summed E-state index contributed by atoms with van der Waals surface area (Å²) >= 11 is 0. The minimum atomic E-state index is -0.605. The molecule has 0 spiro atoms. The van der Waals surface area contributed by atoms with E-state index < -0.39 is 6.10 Å². The standard InChI is InChI=1S/C22H31N3O5.ClH/c26-17(14-29-20-3-1-2-19-18(20)6-7-21(27)24-19)12-25-10-8-16(9-11-25)23-22(28)30-13-15-4-5-15;/h1-3,15-17,26H,4-14H2,(H,23,28)(H,24,27);1H/t17-;/m1./s1. The Labute approximate surface area is 189 Å². The Bertz CT molecular complexity index is 766. The van der Waals surface area contributed by atoms with Crippen LogP contribution in [0.3, 0.4) is 0 Å². The average Bonchev–Trinajstić information content (AvgIpc) is 3.56. The van der Waals surface area contributed by atoms with Crippen molar-refractivity contribution < 1.29 is 24.2 Å². The van der Waals surface area contributed by atoms with Crippen molar-refractivity contribution in [2.45, 2.75) is 50.7 Å². The molecule has 0 aromatic heterocycles. The number of anilines is 1. The predicted molar refractivity (Wildman–Crippen MR) is 119 cm³/mol. The van der Waals surface area contributed by atoms with E-state index in [4.69, 9.17) is 9.47 Å². The number of alkyl carbamates (subject to hydrolysis) is 1. The van der Waals surface area contributed by atoms with Crippen LogP contribution < -0.4 is 15.4 Å². The zero-order valence-electron chi connectivity index (χ0n) is 17.7. The number of rotatable bonds is 8. The SMILES string of the molecule is Cl.O=C1CCc2c(cccc2OC[C@H](O)CN2CCC(NC(=O)OCC3CC3)CC2)N1. The van der Waals surface area contributed by atoms with Crippen LogP contribution in [-0.4, -0.2) is 67.0 Å². The summed E-state index contributed by atoms with van der Waals surface area (Å²) in [5.74, 6) is 1.31.